The molecule has 1 unspecified atom stereocenters. The van der Waals surface area contributed by atoms with E-state index in [0.717, 1.165) is 4.58 Å². The summed E-state index contributed by atoms with van der Waals surface area (Å²) in [5, 5.41) is 0. The lowest BCUT2D eigenvalue weighted by atomic mass is 10.6. The van der Waals surface area contributed by atoms with E-state index < -0.39 is 0 Å². The van der Waals surface area contributed by atoms with Crippen molar-refractivity contribution in [2.75, 3.05) is 12.5 Å². The molecule has 0 aromatic carbocycles. The zero-order valence-electron chi connectivity index (χ0n) is 5.51. The third-order valence-corrected chi connectivity index (χ3v) is 4.91. The standard InChI is InChI=1S/C5H12S3/c1-4-5(6-2)8-7-3/h5H,4H2,1-3H3. The van der Waals surface area contributed by atoms with E-state index >= 15 is 0 Å². The minimum Gasteiger partial charge on any atom is -0.150 e. The predicted octanol–water partition coefficient (Wildman–Crippen LogP) is 3.10. The van der Waals surface area contributed by atoms with Crippen molar-refractivity contribution in [1.82, 2.24) is 0 Å². The van der Waals surface area contributed by atoms with Gasteiger partial charge in [0.2, 0.25) is 0 Å². The molecule has 1 atom stereocenters. The zero-order chi connectivity index (χ0) is 6.41. The maximum atomic E-state index is 2.23. The van der Waals surface area contributed by atoms with Gasteiger partial charge in [0.1, 0.15) is 0 Å². The summed E-state index contributed by atoms with van der Waals surface area (Å²) >= 11 is 1.94. The molecular formula is C5H12S3. The largest absolute Gasteiger partial charge is 0.150 e. The zero-order valence-corrected chi connectivity index (χ0v) is 7.96. The summed E-state index contributed by atoms with van der Waals surface area (Å²) in [5.74, 6) is 0. The van der Waals surface area contributed by atoms with Crippen molar-refractivity contribution < 1.29 is 0 Å². The molecule has 0 N–H and O–H groups in total. The highest BCUT2D eigenvalue weighted by Crippen LogP contribution is 2.32. The van der Waals surface area contributed by atoms with Crippen LogP contribution >= 0.6 is 33.3 Å². The molecule has 0 aromatic rings. The van der Waals surface area contributed by atoms with Crippen LogP contribution in [0.4, 0.5) is 0 Å². The second kappa shape index (κ2) is 6.17. The van der Waals surface area contributed by atoms with Crippen LogP contribution in [0.25, 0.3) is 0 Å². The molecule has 50 valence electrons. The van der Waals surface area contributed by atoms with Crippen LogP contribution in [0, 0.1) is 0 Å². The van der Waals surface area contributed by atoms with Gasteiger partial charge in [-0.05, 0) is 18.9 Å². The fourth-order valence-electron chi connectivity index (χ4n) is 0.381. The molecule has 0 bridgehead atoms. The number of hydrogen-bond donors (Lipinski definition) is 0. The molecule has 0 amide bonds. The molecule has 0 saturated carbocycles. The summed E-state index contributed by atoms with van der Waals surface area (Å²) in [6, 6.07) is 0. The second-order valence-electron chi connectivity index (χ2n) is 1.34. The predicted molar refractivity (Wildman–Crippen MR) is 48.7 cm³/mol. The SMILES string of the molecule is CCC(SC)SSC. The molecule has 0 aliphatic heterocycles. The van der Waals surface area contributed by atoms with Gasteiger partial charge in [0, 0.05) is 0 Å². The Kier molecular flexibility index (Phi) is 6.98. The van der Waals surface area contributed by atoms with Crippen LogP contribution < -0.4 is 0 Å². The molecule has 3 heteroatoms. The van der Waals surface area contributed by atoms with Crippen LogP contribution in [0.5, 0.6) is 0 Å². The lowest BCUT2D eigenvalue weighted by Gasteiger charge is -2.06. The van der Waals surface area contributed by atoms with Crippen molar-refractivity contribution >= 4 is 33.3 Å². The van der Waals surface area contributed by atoms with Crippen molar-refractivity contribution in [3.63, 3.8) is 0 Å². The van der Waals surface area contributed by atoms with Gasteiger partial charge in [0.05, 0.1) is 4.58 Å². The lowest BCUT2D eigenvalue weighted by molar-refractivity contribution is 1.06. The Morgan fingerprint density at radius 3 is 2.12 bits per heavy atom. The van der Waals surface area contributed by atoms with Gasteiger partial charge in [-0.1, -0.05) is 28.5 Å². The maximum Gasteiger partial charge on any atom is 0.0600 e. The Labute approximate surface area is 64.0 Å². The normalized spacial score (nSPS) is 13.9. The van der Waals surface area contributed by atoms with E-state index in [1.165, 1.54) is 6.42 Å². The second-order valence-corrected chi connectivity index (χ2v) is 5.35. The average molecular weight is 168 g/mol. The summed E-state index contributed by atoms with van der Waals surface area (Å²) in [7, 11) is 3.81. The Morgan fingerprint density at radius 2 is 2.00 bits per heavy atom. The third-order valence-electron chi connectivity index (χ3n) is 0.800. The molecule has 0 aliphatic rings. The van der Waals surface area contributed by atoms with Gasteiger partial charge < -0.3 is 0 Å². The van der Waals surface area contributed by atoms with E-state index in [-0.39, 0.29) is 0 Å². The molecule has 0 radical (unpaired) electrons. The van der Waals surface area contributed by atoms with Gasteiger partial charge in [0.25, 0.3) is 0 Å². The summed E-state index contributed by atoms with van der Waals surface area (Å²) in [6.07, 6.45) is 5.56. The molecular weight excluding hydrogens is 156 g/mol. The van der Waals surface area contributed by atoms with Crippen LogP contribution in [0.3, 0.4) is 0 Å². The van der Waals surface area contributed by atoms with E-state index in [1.54, 1.807) is 0 Å². The van der Waals surface area contributed by atoms with E-state index in [9.17, 15) is 0 Å². The highest BCUT2D eigenvalue weighted by molar-refractivity contribution is 8.78. The number of hydrogen-bond acceptors (Lipinski definition) is 3. The number of thioether (sulfide) groups is 1. The van der Waals surface area contributed by atoms with Gasteiger partial charge >= 0.3 is 0 Å². The molecule has 0 aromatic heterocycles. The molecule has 0 fully saturated rings. The van der Waals surface area contributed by atoms with Crippen molar-refractivity contribution in [1.29, 1.82) is 0 Å². The minimum absolute atomic E-state index is 0.796. The van der Waals surface area contributed by atoms with Crippen LogP contribution in [0.15, 0.2) is 0 Å². The fraction of sp³-hybridized carbons (Fsp3) is 1.00. The molecule has 0 rings (SSSR count). The maximum absolute atomic E-state index is 2.23. The molecule has 0 heterocycles. The number of rotatable bonds is 4. The summed E-state index contributed by atoms with van der Waals surface area (Å²) in [6.45, 7) is 2.23. The summed E-state index contributed by atoms with van der Waals surface area (Å²) in [5.41, 5.74) is 0. The fourth-order valence-corrected chi connectivity index (χ4v) is 3.85. The molecule has 0 nitrogen and oxygen atoms in total. The van der Waals surface area contributed by atoms with Crippen LogP contribution in [0.1, 0.15) is 13.3 Å². The van der Waals surface area contributed by atoms with Gasteiger partial charge in [-0.25, -0.2) is 0 Å². The third kappa shape index (κ3) is 3.98. The topological polar surface area (TPSA) is 0 Å². The smallest absolute Gasteiger partial charge is 0.0600 e. The van der Waals surface area contributed by atoms with E-state index in [4.69, 9.17) is 0 Å². The Bertz CT molecular complexity index is 42.9. The quantitative estimate of drug-likeness (QED) is 0.468. The first-order chi connectivity index (χ1) is 3.85. The lowest BCUT2D eigenvalue weighted by Crippen LogP contribution is -1.88. The van der Waals surface area contributed by atoms with Gasteiger partial charge in [-0.15, -0.1) is 0 Å². The molecule has 0 saturated heterocycles. The highest BCUT2D eigenvalue weighted by atomic mass is 33.1. The first kappa shape index (κ1) is 9.05. The summed E-state index contributed by atoms with van der Waals surface area (Å²) in [4.78, 5) is 0. The van der Waals surface area contributed by atoms with Crippen molar-refractivity contribution in [3.05, 3.63) is 0 Å². The first-order valence-corrected chi connectivity index (χ1v) is 6.48. The van der Waals surface area contributed by atoms with E-state index in [2.05, 4.69) is 19.4 Å². The minimum atomic E-state index is 0.796. The first-order valence-electron chi connectivity index (χ1n) is 2.57. The van der Waals surface area contributed by atoms with Crippen molar-refractivity contribution in [2.24, 2.45) is 0 Å². The van der Waals surface area contributed by atoms with E-state index in [1.807, 2.05) is 33.3 Å². The Balaban J connectivity index is 3.07. The highest BCUT2D eigenvalue weighted by Gasteiger charge is 2.00. The van der Waals surface area contributed by atoms with Crippen molar-refractivity contribution in [2.45, 2.75) is 17.9 Å². The van der Waals surface area contributed by atoms with Gasteiger partial charge in [0.15, 0.2) is 0 Å². The Morgan fingerprint density at radius 1 is 1.38 bits per heavy atom. The molecule has 8 heavy (non-hydrogen) atoms. The van der Waals surface area contributed by atoms with Gasteiger partial charge in [-0.2, -0.15) is 11.8 Å². The molecule has 0 spiro atoms. The molecule has 0 aliphatic carbocycles. The average Bonchev–Trinajstić information content (AvgIpc) is 1.83. The monoisotopic (exact) mass is 168 g/mol. The summed E-state index contributed by atoms with van der Waals surface area (Å²) < 4.78 is 0.796. The Hall–Kier alpha value is 1.05. The van der Waals surface area contributed by atoms with E-state index in [0.29, 0.717) is 0 Å². The van der Waals surface area contributed by atoms with Crippen LogP contribution in [0.2, 0.25) is 0 Å². The van der Waals surface area contributed by atoms with Crippen LogP contribution in [-0.4, -0.2) is 17.1 Å². The van der Waals surface area contributed by atoms with Crippen molar-refractivity contribution in [3.8, 4) is 0 Å². The van der Waals surface area contributed by atoms with Crippen LogP contribution in [-0.2, 0) is 0 Å². The van der Waals surface area contributed by atoms with Gasteiger partial charge in [-0.3, -0.25) is 0 Å².